The van der Waals surface area contributed by atoms with E-state index < -0.39 is 0 Å². The van der Waals surface area contributed by atoms with Gasteiger partial charge in [-0.15, -0.1) is 10.2 Å². The number of benzene rings is 3. The first-order chi connectivity index (χ1) is 17.6. The summed E-state index contributed by atoms with van der Waals surface area (Å²) >= 11 is 13.3. The van der Waals surface area contributed by atoms with Gasteiger partial charge in [0.25, 0.3) is 0 Å². The minimum atomic E-state index is -0.245. The quantitative estimate of drug-likeness (QED) is 0.183. The zero-order chi connectivity index (χ0) is 26.6. The largest absolute Gasteiger partial charge is 0.299 e. The topological polar surface area (TPSA) is 71.8 Å². The fourth-order valence-corrected chi connectivity index (χ4v) is 4.60. The third-order valence-electron chi connectivity index (χ3n) is 5.61. The van der Waals surface area contributed by atoms with Crippen molar-refractivity contribution in [3.8, 4) is 17.1 Å². The predicted octanol–water partition coefficient (Wildman–Crippen LogP) is 6.92. The van der Waals surface area contributed by atoms with Crippen LogP contribution in [0.5, 0.6) is 0 Å². The smallest absolute Gasteiger partial charge is 0.248 e. The Morgan fingerprint density at radius 2 is 1.65 bits per heavy atom. The summed E-state index contributed by atoms with van der Waals surface area (Å²) in [6, 6.07) is 23.3. The third kappa shape index (κ3) is 6.55. The molecule has 0 saturated heterocycles. The summed E-state index contributed by atoms with van der Waals surface area (Å²) in [4.78, 5) is 12.6. The average Bonchev–Trinajstić information content (AvgIpc) is 3.31. The number of rotatable bonds is 8. The molecular formula is C28H27Cl2N5OS. The normalized spacial score (nSPS) is 11.3. The number of hydrazine groups is 1. The Morgan fingerprint density at radius 1 is 0.946 bits per heavy atom. The monoisotopic (exact) mass is 551 g/mol. The van der Waals surface area contributed by atoms with E-state index in [-0.39, 0.29) is 17.1 Å². The summed E-state index contributed by atoms with van der Waals surface area (Å²) < 4.78 is 1.96. The van der Waals surface area contributed by atoms with Gasteiger partial charge in [0.1, 0.15) is 0 Å². The lowest BCUT2D eigenvalue weighted by molar-refractivity contribution is -0.119. The Bertz CT molecular complexity index is 1410. The maximum Gasteiger partial charge on any atom is 0.248 e. The summed E-state index contributed by atoms with van der Waals surface area (Å²) in [5.74, 6) is 0.584. The molecule has 0 saturated carbocycles. The van der Waals surface area contributed by atoms with Crippen molar-refractivity contribution in [2.75, 3.05) is 5.75 Å². The molecule has 6 nitrogen and oxygen atoms in total. The first kappa shape index (κ1) is 26.8. The highest BCUT2D eigenvalue weighted by molar-refractivity contribution is 7.99. The van der Waals surface area contributed by atoms with Crippen LogP contribution in [0.3, 0.4) is 0 Å². The van der Waals surface area contributed by atoms with Gasteiger partial charge in [0.05, 0.1) is 21.5 Å². The highest BCUT2D eigenvalue weighted by Crippen LogP contribution is 2.30. The van der Waals surface area contributed by atoms with E-state index in [0.717, 1.165) is 11.3 Å². The van der Waals surface area contributed by atoms with Gasteiger partial charge >= 0.3 is 0 Å². The summed E-state index contributed by atoms with van der Waals surface area (Å²) in [5.41, 5.74) is 9.84. The molecule has 3 aromatic carbocycles. The van der Waals surface area contributed by atoms with Gasteiger partial charge in [-0.1, -0.05) is 111 Å². The van der Waals surface area contributed by atoms with Crippen molar-refractivity contribution in [1.29, 1.82) is 0 Å². The van der Waals surface area contributed by atoms with Gasteiger partial charge in [0, 0.05) is 16.8 Å². The highest BCUT2D eigenvalue weighted by atomic mass is 35.5. The Kier molecular flexibility index (Phi) is 8.27. The fraction of sp³-hybridized carbons (Fsp3) is 0.179. The molecule has 1 amide bonds. The molecule has 0 aliphatic carbocycles. The molecule has 2 N–H and O–H groups in total. The van der Waals surface area contributed by atoms with Crippen molar-refractivity contribution in [3.05, 3.63) is 101 Å². The Balaban J connectivity index is 1.48. The van der Waals surface area contributed by atoms with Crippen molar-refractivity contribution < 1.29 is 4.79 Å². The SMILES string of the molecule is C=C(NNC(=O)CSc1nnc(-c2ccc(C(C)(C)C)cc2)n1-c1ccccc1)c1ccc(Cl)c(Cl)c1. The molecule has 1 heterocycles. The summed E-state index contributed by atoms with van der Waals surface area (Å²) in [6.07, 6.45) is 0. The van der Waals surface area contributed by atoms with Gasteiger partial charge in [-0.05, 0) is 35.2 Å². The van der Waals surface area contributed by atoms with Crippen LogP contribution in [0.2, 0.25) is 10.0 Å². The molecule has 4 rings (SSSR count). The van der Waals surface area contributed by atoms with Crippen LogP contribution < -0.4 is 10.9 Å². The van der Waals surface area contributed by atoms with Crippen molar-refractivity contribution in [3.63, 3.8) is 0 Å². The number of carbonyl (C=O) groups excluding carboxylic acids is 1. The lowest BCUT2D eigenvalue weighted by atomic mass is 9.87. The van der Waals surface area contributed by atoms with Crippen LogP contribution in [0, 0.1) is 0 Å². The highest BCUT2D eigenvalue weighted by Gasteiger charge is 2.19. The lowest BCUT2D eigenvalue weighted by Crippen LogP contribution is -2.37. The zero-order valence-electron chi connectivity index (χ0n) is 20.8. The lowest BCUT2D eigenvalue weighted by Gasteiger charge is -2.19. The number of nitrogens with zero attached hydrogens (tertiary/aromatic N) is 3. The summed E-state index contributed by atoms with van der Waals surface area (Å²) in [5, 5.41) is 10.3. The summed E-state index contributed by atoms with van der Waals surface area (Å²) in [6.45, 7) is 10.5. The average molecular weight is 553 g/mol. The van der Waals surface area contributed by atoms with E-state index in [0.29, 0.717) is 32.3 Å². The zero-order valence-corrected chi connectivity index (χ0v) is 23.1. The van der Waals surface area contributed by atoms with Crippen LogP contribution in [0.25, 0.3) is 22.8 Å². The molecule has 0 radical (unpaired) electrons. The van der Waals surface area contributed by atoms with Crippen LogP contribution in [0.1, 0.15) is 31.9 Å². The third-order valence-corrected chi connectivity index (χ3v) is 7.28. The van der Waals surface area contributed by atoms with Gasteiger partial charge in [-0.3, -0.25) is 20.2 Å². The van der Waals surface area contributed by atoms with E-state index in [1.54, 1.807) is 18.2 Å². The minimum Gasteiger partial charge on any atom is -0.299 e. The molecule has 37 heavy (non-hydrogen) atoms. The van der Waals surface area contributed by atoms with Crippen molar-refractivity contribution in [2.24, 2.45) is 0 Å². The van der Waals surface area contributed by atoms with E-state index in [4.69, 9.17) is 23.2 Å². The van der Waals surface area contributed by atoms with E-state index in [1.807, 2.05) is 34.9 Å². The van der Waals surface area contributed by atoms with Crippen molar-refractivity contribution in [2.45, 2.75) is 31.3 Å². The molecule has 0 aliphatic rings. The van der Waals surface area contributed by atoms with E-state index in [1.165, 1.54) is 17.3 Å². The van der Waals surface area contributed by atoms with Crippen LogP contribution >= 0.6 is 35.0 Å². The van der Waals surface area contributed by atoms with Crippen LogP contribution in [-0.4, -0.2) is 26.4 Å². The first-order valence-electron chi connectivity index (χ1n) is 11.6. The fourth-order valence-electron chi connectivity index (χ4n) is 3.55. The number of nitrogens with one attached hydrogen (secondary N) is 2. The van der Waals surface area contributed by atoms with Crippen LogP contribution in [0.15, 0.2) is 84.5 Å². The van der Waals surface area contributed by atoms with E-state index >= 15 is 0 Å². The first-order valence-corrected chi connectivity index (χ1v) is 13.3. The van der Waals surface area contributed by atoms with Gasteiger partial charge in [0.2, 0.25) is 5.91 Å². The second kappa shape index (κ2) is 11.4. The van der Waals surface area contributed by atoms with Gasteiger partial charge in [0.15, 0.2) is 11.0 Å². The Hall–Kier alpha value is -3.26. The number of carbonyl (C=O) groups is 1. The number of para-hydroxylation sites is 1. The molecule has 0 aliphatic heterocycles. The molecule has 0 fully saturated rings. The molecule has 1 aromatic heterocycles. The second-order valence-corrected chi connectivity index (χ2v) is 11.1. The number of amides is 1. The standard InChI is InChI=1S/C28H27Cl2N5OS/c1-18(20-12-15-23(29)24(30)16-20)31-32-25(36)17-37-27-34-33-26(35(27)22-8-6-5-7-9-22)19-10-13-21(14-11-19)28(2,3)4/h5-16,31H,1,17H2,2-4H3,(H,32,36). The molecule has 190 valence electrons. The number of hydrogen-bond donors (Lipinski definition) is 2. The molecular weight excluding hydrogens is 525 g/mol. The van der Waals surface area contributed by atoms with Crippen LogP contribution in [0.4, 0.5) is 0 Å². The molecule has 9 heteroatoms. The molecule has 0 unspecified atom stereocenters. The number of aromatic nitrogens is 3. The molecule has 0 bridgehead atoms. The van der Waals surface area contributed by atoms with Gasteiger partial charge < -0.3 is 0 Å². The molecule has 0 atom stereocenters. The number of halogens is 2. The van der Waals surface area contributed by atoms with E-state index in [9.17, 15) is 4.79 Å². The maximum absolute atomic E-state index is 12.6. The number of thioether (sulfide) groups is 1. The number of hydrogen-bond acceptors (Lipinski definition) is 5. The van der Waals surface area contributed by atoms with E-state index in [2.05, 4.69) is 72.7 Å². The van der Waals surface area contributed by atoms with Crippen LogP contribution in [-0.2, 0) is 10.2 Å². The Morgan fingerprint density at radius 3 is 2.30 bits per heavy atom. The summed E-state index contributed by atoms with van der Waals surface area (Å²) in [7, 11) is 0. The van der Waals surface area contributed by atoms with Gasteiger partial charge in [-0.2, -0.15) is 0 Å². The van der Waals surface area contributed by atoms with Crippen molar-refractivity contribution >= 4 is 46.6 Å². The minimum absolute atomic E-state index is 0.0547. The Labute approximate surface area is 231 Å². The predicted molar refractivity (Wildman–Crippen MR) is 153 cm³/mol. The van der Waals surface area contributed by atoms with Crippen molar-refractivity contribution in [1.82, 2.24) is 25.6 Å². The molecule has 4 aromatic rings. The van der Waals surface area contributed by atoms with Gasteiger partial charge in [-0.25, -0.2) is 0 Å². The molecule has 0 spiro atoms. The maximum atomic E-state index is 12.6. The second-order valence-electron chi connectivity index (χ2n) is 9.37.